The molecule has 1 fully saturated rings. The summed E-state index contributed by atoms with van der Waals surface area (Å²) in [5.74, 6) is -1.21. The molecule has 1 aliphatic rings. The van der Waals surface area contributed by atoms with Crippen molar-refractivity contribution in [3.63, 3.8) is 0 Å². The minimum atomic E-state index is -1.08. The number of aliphatic carboxylic acids is 1. The third-order valence-corrected chi connectivity index (χ3v) is 6.48. The smallest absolute Gasteiger partial charge is 0.409 e. The van der Waals surface area contributed by atoms with Gasteiger partial charge in [-0.15, -0.1) is 0 Å². The van der Waals surface area contributed by atoms with Crippen molar-refractivity contribution in [1.29, 1.82) is 0 Å². The largest absolute Gasteiger partial charge is 0.483 e. The van der Waals surface area contributed by atoms with Gasteiger partial charge in [-0.2, -0.15) is 0 Å². The minimum Gasteiger partial charge on any atom is -0.483 e. The molecule has 1 atom stereocenters. The number of piperazine rings is 1. The Balaban J connectivity index is 0.00000197. The average Bonchev–Trinajstić information content (AvgIpc) is 2.99. The van der Waals surface area contributed by atoms with E-state index >= 15 is 0 Å². The number of amides is 3. The number of aromatic nitrogens is 2. The number of anilines is 1. The first-order chi connectivity index (χ1) is 20.0. The first-order valence-corrected chi connectivity index (χ1v) is 13.5. The van der Waals surface area contributed by atoms with Crippen molar-refractivity contribution in [2.45, 2.75) is 45.7 Å². The zero-order chi connectivity index (χ0) is 31.2. The van der Waals surface area contributed by atoms with E-state index in [1.165, 1.54) is 9.80 Å². The highest BCUT2D eigenvalue weighted by atomic mass is 16.6. The third kappa shape index (κ3) is 9.71. The second-order valence-corrected chi connectivity index (χ2v) is 9.58. The zero-order valence-corrected chi connectivity index (χ0v) is 24.2. The number of carboxylic acid groups (broad SMARTS) is 2. The molecule has 2 heterocycles. The number of carbonyl (C=O) groups excluding carboxylic acids is 3. The molecule has 3 rings (SSSR count). The van der Waals surface area contributed by atoms with Gasteiger partial charge in [0.15, 0.2) is 5.82 Å². The Labute approximate surface area is 244 Å². The van der Waals surface area contributed by atoms with E-state index in [2.05, 4.69) is 15.3 Å². The molecule has 0 radical (unpaired) electrons. The van der Waals surface area contributed by atoms with Crippen LogP contribution < -0.4 is 10.2 Å². The maximum absolute atomic E-state index is 13.4. The van der Waals surface area contributed by atoms with E-state index in [1.807, 2.05) is 56.1 Å². The fraction of sp³-hybridized carbons (Fsp3) is 0.464. The summed E-state index contributed by atoms with van der Waals surface area (Å²) in [7, 11) is 1.86. The Morgan fingerprint density at radius 3 is 2.21 bits per heavy atom. The Morgan fingerprint density at radius 1 is 1.07 bits per heavy atom. The lowest BCUT2D eigenvalue weighted by atomic mass is 10.1. The number of carbonyl (C=O) groups is 5. The van der Waals surface area contributed by atoms with Crippen LogP contribution in [0.25, 0.3) is 11.4 Å². The van der Waals surface area contributed by atoms with Crippen LogP contribution in [0.5, 0.6) is 0 Å². The van der Waals surface area contributed by atoms with Crippen LogP contribution in [0.1, 0.15) is 44.1 Å². The lowest BCUT2D eigenvalue weighted by Gasteiger charge is -2.36. The second kappa shape index (κ2) is 16.5. The van der Waals surface area contributed by atoms with Gasteiger partial charge < -0.3 is 35.0 Å². The van der Waals surface area contributed by atoms with Gasteiger partial charge in [-0.3, -0.25) is 19.2 Å². The molecule has 2 aromatic rings. The van der Waals surface area contributed by atoms with Crippen molar-refractivity contribution in [2.75, 3.05) is 44.7 Å². The number of rotatable bonds is 10. The van der Waals surface area contributed by atoms with Crippen LogP contribution >= 0.6 is 0 Å². The van der Waals surface area contributed by atoms with Crippen LogP contribution in [-0.4, -0.2) is 112 Å². The van der Waals surface area contributed by atoms with E-state index in [1.54, 1.807) is 13.0 Å². The fourth-order valence-electron chi connectivity index (χ4n) is 4.01. The number of nitrogens with one attached hydrogen (secondary N) is 1. The van der Waals surface area contributed by atoms with E-state index in [9.17, 15) is 24.3 Å². The maximum atomic E-state index is 13.4. The van der Waals surface area contributed by atoms with Crippen LogP contribution in [0.4, 0.5) is 10.6 Å². The average molecular weight is 587 g/mol. The van der Waals surface area contributed by atoms with E-state index in [-0.39, 0.29) is 63.8 Å². The number of hydrogen-bond acceptors (Lipinski definition) is 9. The van der Waals surface area contributed by atoms with Gasteiger partial charge >= 0.3 is 12.1 Å². The molecule has 1 saturated heterocycles. The number of hydrogen-bond donors (Lipinski definition) is 3. The molecule has 14 nitrogen and oxygen atoms in total. The fourth-order valence-corrected chi connectivity index (χ4v) is 4.01. The minimum absolute atomic E-state index is 0.0617. The summed E-state index contributed by atoms with van der Waals surface area (Å²) in [6.45, 7) is 6.75. The summed E-state index contributed by atoms with van der Waals surface area (Å²) < 4.78 is 5.02. The maximum Gasteiger partial charge on any atom is 0.409 e. The molecule has 0 saturated carbocycles. The van der Waals surface area contributed by atoms with Gasteiger partial charge in [0, 0.05) is 57.3 Å². The molecule has 0 bridgehead atoms. The van der Waals surface area contributed by atoms with Gasteiger partial charge in [0.05, 0.1) is 6.61 Å². The van der Waals surface area contributed by atoms with E-state index in [0.29, 0.717) is 11.6 Å². The van der Waals surface area contributed by atoms with Gasteiger partial charge in [0.2, 0.25) is 5.91 Å². The van der Waals surface area contributed by atoms with Crippen molar-refractivity contribution < 1.29 is 38.9 Å². The molecular formula is C28H38N6O8. The molecule has 42 heavy (non-hydrogen) atoms. The molecule has 1 aromatic heterocycles. The summed E-state index contributed by atoms with van der Waals surface area (Å²) >= 11 is 0. The molecule has 14 heteroatoms. The second-order valence-electron chi connectivity index (χ2n) is 9.58. The van der Waals surface area contributed by atoms with Gasteiger partial charge in [0.25, 0.3) is 12.4 Å². The van der Waals surface area contributed by atoms with Gasteiger partial charge in [0.1, 0.15) is 17.6 Å². The number of nitrogens with zero attached hydrogens (tertiary/aromatic N) is 5. The normalized spacial score (nSPS) is 13.4. The monoisotopic (exact) mass is 586 g/mol. The molecule has 3 amide bonds. The predicted molar refractivity (Wildman–Crippen MR) is 153 cm³/mol. The number of ether oxygens (including phenoxy) is 1. The van der Waals surface area contributed by atoms with E-state index < -0.39 is 29.9 Å². The summed E-state index contributed by atoms with van der Waals surface area (Å²) in [6, 6.07) is 9.81. The summed E-state index contributed by atoms with van der Waals surface area (Å²) in [4.78, 5) is 72.5. The SMILES string of the molecule is CCOC(=O)N1CCN(C(=O)C(CCC(=O)O)NC(=O)c2cc(N(C)C(C)C)nc(-c3ccccc3)n2)CC1.O=CO. The van der Waals surface area contributed by atoms with E-state index in [4.69, 9.17) is 14.6 Å². The number of carboxylic acids is 1. The van der Waals surface area contributed by atoms with Crippen LogP contribution in [0, 0.1) is 0 Å². The standard InChI is InChI=1S/C27H36N6O6.CH2O2/c1-5-39-27(38)33-15-13-32(14-16-33)26(37)20(11-12-23(34)35)29-25(36)21-17-22(31(4)18(2)3)30-24(28-21)19-9-7-6-8-10-19;2-1-3/h6-10,17-18,20H,5,11-16H2,1-4H3,(H,29,36)(H,34,35);1H,(H,2,3). The van der Waals surface area contributed by atoms with Crippen molar-refractivity contribution in [2.24, 2.45) is 0 Å². The third-order valence-electron chi connectivity index (χ3n) is 6.48. The summed E-state index contributed by atoms with van der Waals surface area (Å²) in [6.07, 6.45) is -0.840. The molecule has 0 spiro atoms. The predicted octanol–water partition coefficient (Wildman–Crippen LogP) is 1.95. The molecule has 0 aliphatic carbocycles. The lowest BCUT2D eigenvalue weighted by Crippen LogP contribution is -2.56. The number of benzene rings is 1. The zero-order valence-electron chi connectivity index (χ0n) is 24.2. The van der Waals surface area contributed by atoms with Gasteiger partial charge in [-0.05, 0) is 27.2 Å². The van der Waals surface area contributed by atoms with Gasteiger partial charge in [-0.25, -0.2) is 14.8 Å². The Morgan fingerprint density at radius 2 is 1.67 bits per heavy atom. The van der Waals surface area contributed by atoms with Crippen molar-refractivity contribution in [3.05, 3.63) is 42.1 Å². The Bertz CT molecular complexity index is 1220. The first-order valence-electron chi connectivity index (χ1n) is 13.5. The van der Waals surface area contributed by atoms with Crippen LogP contribution in [0.15, 0.2) is 36.4 Å². The van der Waals surface area contributed by atoms with E-state index in [0.717, 1.165) is 5.56 Å². The Kier molecular flexibility index (Phi) is 13.1. The summed E-state index contributed by atoms with van der Waals surface area (Å²) in [5.41, 5.74) is 0.787. The Hall–Kier alpha value is -4.75. The summed E-state index contributed by atoms with van der Waals surface area (Å²) in [5, 5.41) is 18.8. The van der Waals surface area contributed by atoms with Crippen molar-refractivity contribution >= 4 is 36.2 Å². The molecule has 3 N–H and O–H groups in total. The first kappa shape index (κ1) is 33.5. The van der Waals surface area contributed by atoms with Gasteiger partial charge in [-0.1, -0.05) is 30.3 Å². The molecule has 1 aliphatic heterocycles. The topological polar surface area (TPSA) is 183 Å². The highest BCUT2D eigenvalue weighted by Crippen LogP contribution is 2.21. The molecule has 228 valence electrons. The van der Waals surface area contributed by atoms with Crippen molar-refractivity contribution in [1.82, 2.24) is 25.1 Å². The van der Waals surface area contributed by atoms with Crippen molar-refractivity contribution in [3.8, 4) is 11.4 Å². The lowest BCUT2D eigenvalue weighted by molar-refractivity contribution is -0.138. The van der Waals surface area contributed by atoms with Crippen LogP contribution in [0.2, 0.25) is 0 Å². The highest BCUT2D eigenvalue weighted by Gasteiger charge is 2.31. The van der Waals surface area contributed by atoms with Crippen LogP contribution in [-0.2, 0) is 19.1 Å². The molecule has 1 aromatic carbocycles. The molecule has 1 unspecified atom stereocenters. The van der Waals surface area contributed by atoms with Crippen LogP contribution in [0.3, 0.4) is 0 Å². The highest BCUT2D eigenvalue weighted by molar-refractivity contribution is 5.97. The quantitative estimate of drug-likeness (QED) is 0.346. The molecular weight excluding hydrogens is 548 g/mol.